The fourth-order valence-corrected chi connectivity index (χ4v) is 5.82. The van der Waals surface area contributed by atoms with Gasteiger partial charge in [-0.05, 0) is 64.2 Å². The molecule has 0 aromatic carbocycles. The monoisotopic (exact) mass is 724 g/mol. The number of aliphatic hydroxyl groups is 6. The van der Waals surface area contributed by atoms with Crippen LogP contribution in [0.1, 0.15) is 142 Å². The van der Waals surface area contributed by atoms with E-state index in [1.54, 1.807) is 6.08 Å². The second-order valence-electron chi connectivity index (χ2n) is 13.8. The fourth-order valence-electron chi connectivity index (χ4n) is 5.82. The summed E-state index contributed by atoms with van der Waals surface area (Å²) in [5.41, 5.74) is 0. The number of amides is 1. The van der Waals surface area contributed by atoms with Gasteiger partial charge in [-0.1, -0.05) is 127 Å². The van der Waals surface area contributed by atoms with E-state index in [0.717, 1.165) is 57.8 Å². The second kappa shape index (κ2) is 31.6. The van der Waals surface area contributed by atoms with Crippen molar-refractivity contribution in [1.82, 2.24) is 5.32 Å². The van der Waals surface area contributed by atoms with Crippen LogP contribution in [0.15, 0.2) is 48.6 Å². The van der Waals surface area contributed by atoms with Crippen LogP contribution in [-0.4, -0.2) is 98.7 Å². The lowest BCUT2D eigenvalue weighted by Crippen LogP contribution is -2.60. The van der Waals surface area contributed by atoms with Gasteiger partial charge in [0.25, 0.3) is 0 Å². The molecule has 0 aliphatic carbocycles. The minimum absolute atomic E-state index is 0.291. The van der Waals surface area contributed by atoms with E-state index in [2.05, 4.69) is 55.6 Å². The largest absolute Gasteiger partial charge is 0.394 e. The average molecular weight is 724 g/mol. The van der Waals surface area contributed by atoms with Crippen molar-refractivity contribution in [3.63, 3.8) is 0 Å². The molecule has 1 rings (SSSR count). The predicted octanol–water partition coefficient (Wildman–Crippen LogP) is 6.08. The molecule has 0 spiro atoms. The molecule has 1 heterocycles. The number of unbranched alkanes of at least 4 members (excludes halogenated alkanes) is 14. The van der Waals surface area contributed by atoms with Gasteiger partial charge in [0.05, 0.1) is 25.4 Å². The van der Waals surface area contributed by atoms with Gasteiger partial charge < -0.3 is 45.4 Å². The van der Waals surface area contributed by atoms with Crippen molar-refractivity contribution < 1.29 is 44.9 Å². The minimum atomic E-state index is -1.62. The van der Waals surface area contributed by atoms with Gasteiger partial charge >= 0.3 is 0 Å². The molecular weight excluding hydrogens is 650 g/mol. The second-order valence-corrected chi connectivity index (χ2v) is 13.8. The molecule has 1 aliphatic rings. The van der Waals surface area contributed by atoms with E-state index < -0.39 is 61.5 Å². The van der Waals surface area contributed by atoms with Gasteiger partial charge in [-0.2, -0.15) is 0 Å². The first-order valence-corrected chi connectivity index (χ1v) is 20.0. The quantitative estimate of drug-likeness (QED) is 0.0331. The zero-order chi connectivity index (χ0) is 37.5. The van der Waals surface area contributed by atoms with Gasteiger partial charge in [0.1, 0.15) is 30.5 Å². The van der Waals surface area contributed by atoms with E-state index in [9.17, 15) is 35.4 Å². The van der Waals surface area contributed by atoms with Crippen LogP contribution in [0.2, 0.25) is 0 Å². The molecule has 0 aromatic rings. The summed E-state index contributed by atoms with van der Waals surface area (Å²) in [5, 5.41) is 64.3. The summed E-state index contributed by atoms with van der Waals surface area (Å²) in [6, 6.07) is -1.00. The zero-order valence-corrected chi connectivity index (χ0v) is 31.7. The summed E-state index contributed by atoms with van der Waals surface area (Å²) in [4.78, 5) is 12.9. The van der Waals surface area contributed by atoms with Crippen LogP contribution in [0.4, 0.5) is 0 Å². The Morgan fingerprint density at radius 1 is 0.667 bits per heavy atom. The third-order valence-corrected chi connectivity index (χ3v) is 9.21. The zero-order valence-electron chi connectivity index (χ0n) is 31.7. The van der Waals surface area contributed by atoms with Crippen LogP contribution in [0, 0.1) is 0 Å². The molecule has 8 unspecified atom stereocenters. The Kier molecular flexibility index (Phi) is 29.2. The van der Waals surface area contributed by atoms with E-state index in [4.69, 9.17) is 9.47 Å². The van der Waals surface area contributed by atoms with E-state index in [-0.39, 0.29) is 6.61 Å². The Morgan fingerprint density at radius 3 is 1.76 bits per heavy atom. The van der Waals surface area contributed by atoms with Crippen LogP contribution in [-0.2, 0) is 14.3 Å². The molecule has 0 bridgehead atoms. The SMILES string of the molecule is CCCC/C=C/CC/C=C/CC/C=C/C(O)C(COC1OC(CO)C(O)C(O)C1O)NC(=O)C(O)CCCCCCCC/C=C\CCCCCC. The molecule has 0 saturated carbocycles. The van der Waals surface area contributed by atoms with E-state index in [0.29, 0.717) is 19.3 Å². The van der Waals surface area contributed by atoms with Gasteiger partial charge in [0, 0.05) is 0 Å². The Hall–Kier alpha value is -1.89. The van der Waals surface area contributed by atoms with Gasteiger partial charge in [-0.25, -0.2) is 0 Å². The molecule has 10 nitrogen and oxygen atoms in total. The Bertz CT molecular complexity index is 953. The smallest absolute Gasteiger partial charge is 0.249 e. The maximum Gasteiger partial charge on any atom is 0.249 e. The molecule has 10 heteroatoms. The number of hydrogen-bond donors (Lipinski definition) is 7. The molecule has 8 atom stereocenters. The van der Waals surface area contributed by atoms with Gasteiger partial charge in [0.2, 0.25) is 5.91 Å². The van der Waals surface area contributed by atoms with Crippen molar-refractivity contribution in [2.24, 2.45) is 0 Å². The van der Waals surface area contributed by atoms with Gasteiger partial charge in [0.15, 0.2) is 6.29 Å². The molecule has 0 aromatic heterocycles. The van der Waals surface area contributed by atoms with Crippen LogP contribution >= 0.6 is 0 Å². The highest BCUT2D eigenvalue weighted by Crippen LogP contribution is 2.22. The first-order chi connectivity index (χ1) is 24.8. The van der Waals surface area contributed by atoms with E-state index >= 15 is 0 Å². The molecule has 1 saturated heterocycles. The lowest BCUT2D eigenvalue weighted by molar-refractivity contribution is -0.302. The minimum Gasteiger partial charge on any atom is -0.394 e. The topological polar surface area (TPSA) is 169 Å². The molecule has 51 heavy (non-hydrogen) atoms. The Labute approximate surface area is 308 Å². The van der Waals surface area contributed by atoms with Crippen LogP contribution in [0.3, 0.4) is 0 Å². The highest BCUT2D eigenvalue weighted by Gasteiger charge is 2.44. The van der Waals surface area contributed by atoms with Crippen molar-refractivity contribution in [2.75, 3.05) is 13.2 Å². The summed E-state index contributed by atoms with van der Waals surface area (Å²) < 4.78 is 11.1. The first-order valence-electron chi connectivity index (χ1n) is 20.0. The third-order valence-electron chi connectivity index (χ3n) is 9.21. The molecule has 0 radical (unpaired) electrons. The third kappa shape index (κ3) is 22.7. The van der Waals surface area contributed by atoms with Crippen molar-refractivity contribution in [3.05, 3.63) is 48.6 Å². The maximum absolute atomic E-state index is 12.9. The fraction of sp³-hybridized carbons (Fsp3) is 0.780. The number of carbonyl (C=O) groups is 1. The standard InChI is InChI=1S/C41H73NO9/c1-3-5-7-9-11-13-15-17-18-20-22-24-26-28-30-35(45)40(49)42-33(32-50-41-39(48)38(47)37(46)36(31-43)51-41)34(44)29-27-25-23-21-19-16-14-12-10-8-6-4-2/h10,12-13,15,19,21,27,29,33-39,41,43-48H,3-9,11,14,16-18,20,22-26,28,30-32H2,1-2H3,(H,42,49)/b12-10+,15-13-,21-19+,29-27+. The summed E-state index contributed by atoms with van der Waals surface area (Å²) in [6.07, 6.45) is 27.7. The first kappa shape index (κ1) is 47.1. The van der Waals surface area contributed by atoms with E-state index in [1.165, 1.54) is 51.4 Å². The number of nitrogens with one attached hydrogen (secondary N) is 1. The van der Waals surface area contributed by atoms with Crippen LogP contribution < -0.4 is 5.32 Å². The lowest BCUT2D eigenvalue weighted by atomic mass is 9.99. The van der Waals surface area contributed by atoms with Gasteiger partial charge in [-0.15, -0.1) is 0 Å². The predicted molar refractivity (Wildman–Crippen MR) is 204 cm³/mol. The number of ether oxygens (including phenoxy) is 2. The van der Waals surface area contributed by atoms with E-state index in [1.807, 2.05) is 6.08 Å². The average Bonchev–Trinajstić information content (AvgIpc) is 3.13. The van der Waals surface area contributed by atoms with Crippen molar-refractivity contribution >= 4 is 5.91 Å². The normalized spacial score (nSPS) is 23.2. The molecule has 1 aliphatic heterocycles. The number of rotatable bonds is 31. The van der Waals surface area contributed by atoms with Crippen molar-refractivity contribution in [1.29, 1.82) is 0 Å². The molecule has 1 fully saturated rings. The van der Waals surface area contributed by atoms with Gasteiger partial charge in [-0.3, -0.25) is 4.79 Å². The van der Waals surface area contributed by atoms with Crippen LogP contribution in [0.25, 0.3) is 0 Å². The maximum atomic E-state index is 12.9. The Balaban J connectivity index is 2.54. The highest BCUT2D eigenvalue weighted by atomic mass is 16.7. The highest BCUT2D eigenvalue weighted by molar-refractivity contribution is 5.80. The number of hydrogen-bond acceptors (Lipinski definition) is 9. The summed E-state index contributed by atoms with van der Waals surface area (Å²) in [7, 11) is 0. The summed E-state index contributed by atoms with van der Waals surface area (Å²) in [5.74, 6) is -0.641. The number of aliphatic hydroxyl groups excluding tert-OH is 6. The Morgan fingerprint density at radius 2 is 1.18 bits per heavy atom. The van der Waals surface area contributed by atoms with Crippen molar-refractivity contribution in [3.8, 4) is 0 Å². The molecular formula is C41H73NO9. The molecule has 7 N–H and O–H groups in total. The molecule has 296 valence electrons. The number of carbonyl (C=O) groups excluding carboxylic acids is 1. The summed E-state index contributed by atoms with van der Waals surface area (Å²) in [6.45, 7) is 3.48. The number of allylic oxidation sites excluding steroid dienone is 7. The molecule has 1 amide bonds. The van der Waals surface area contributed by atoms with Crippen LogP contribution in [0.5, 0.6) is 0 Å². The van der Waals surface area contributed by atoms with Crippen molar-refractivity contribution in [2.45, 2.75) is 191 Å². The lowest BCUT2D eigenvalue weighted by Gasteiger charge is -2.40. The summed E-state index contributed by atoms with van der Waals surface area (Å²) >= 11 is 0.